The van der Waals surface area contributed by atoms with E-state index in [9.17, 15) is 9.59 Å². The lowest BCUT2D eigenvalue weighted by Gasteiger charge is -2.12. The summed E-state index contributed by atoms with van der Waals surface area (Å²) in [6.07, 6.45) is 3.03. The van der Waals surface area contributed by atoms with Gasteiger partial charge in [-0.1, -0.05) is 29.4 Å². The highest BCUT2D eigenvalue weighted by molar-refractivity contribution is 7.99. The first kappa shape index (κ1) is 22.5. The molecule has 10 heteroatoms. The third-order valence-corrected chi connectivity index (χ3v) is 5.81. The number of fused-ring (bicyclic) bond motifs is 1. The van der Waals surface area contributed by atoms with E-state index >= 15 is 0 Å². The Morgan fingerprint density at radius 3 is 2.67 bits per heavy atom. The summed E-state index contributed by atoms with van der Waals surface area (Å²) in [5.41, 5.74) is 1.21. The minimum atomic E-state index is -0.589. The molecule has 1 N–H and O–H groups in total. The largest absolute Gasteiger partial charge is 0.493 e. The molecule has 0 fully saturated rings. The molecule has 0 aliphatic carbocycles. The van der Waals surface area contributed by atoms with Crippen molar-refractivity contribution in [2.75, 3.05) is 12.4 Å². The lowest BCUT2D eigenvalue weighted by atomic mass is 10.2. The molecule has 0 aliphatic rings. The Hall–Kier alpha value is -3.69. The second-order valence-corrected chi connectivity index (χ2v) is 8.11. The third kappa shape index (κ3) is 5.21. The van der Waals surface area contributed by atoms with Crippen molar-refractivity contribution < 1.29 is 19.1 Å². The van der Waals surface area contributed by atoms with Crippen LogP contribution in [0.3, 0.4) is 0 Å². The number of benzene rings is 1. The van der Waals surface area contributed by atoms with Gasteiger partial charge in [-0.3, -0.25) is 9.59 Å². The Morgan fingerprint density at radius 2 is 1.91 bits per heavy atom. The minimum absolute atomic E-state index is 0.0387. The highest BCUT2D eigenvalue weighted by atomic mass is 35.5. The molecule has 3 aromatic heterocycles. The molecule has 33 heavy (non-hydrogen) atoms. The van der Waals surface area contributed by atoms with Gasteiger partial charge in [0.1, 0.15) is 10.2 Å². The Morgan fingerprint density at radius 1 is 1.06 bits per heavy atom. The second kappa shape index (κ2) is 9.85. The van der Waals surface area contributed by atoms with Gasteiger partial charge in [-0.25, -0.2) is 15.0 Å². The lowest BCUT2D eigenvalue weighted by Crippen LogP contribution is -2.17. The van der Waals surface area contributed by atoms with Crippen molar-refractivity contribution in [3.8, 4) is 11.5 Å². The molecule has 4 rings (SSSR count). The van der Waals surface area contributed by atoms with Gasteiger partial charge in [0.05, 0.1) is 17.5 Å². The molecule has 0 radical (unpaired) electrons. The normalized spacial score (nSPS) is 10.6. The number of ether oxygens (including phenoxy) is 2. The van der Waals surface area contributed by atoms with Crippen molar-refractivity contribution in [3.63, 3.8) is 0 Å². The summed E-state index contributed by atoms with van der Waals surface area (Å²) in [5.74, 6) is -0.945. The third-order valence-electron chi connectivity index (χ3n) is 4.41. The fourth-order valence-corrected chi connectivity index (χ4v) is 4.01. The monoisotopic (exact) mass is 480 g/mol. The van der Waals surface area contributed by atoms with Gasteiger partial charge in [0.25, 0.3) is 5.91 Å². The molecule has 1 amide bonds. The summed E-state index contributed by atoms with van der Waals surface area (Å²) in [6, 6.07) is 14.3. The molecule has 0 saturated carbocycles. The Balaban J connectivity index is 1.57. The van der Waals surface area contributed by atoms with Gasteiger partial charge in [-0.2, -0.15) is 0 Å². The van der Waals surface area contributed by atoms with Crippen LogP contribution in [0.25, 0.3) is 10.9 Å². The predicted molar refractivity (Wildman–Crippen MR) is 125 cm³/mol. The smallest absolute Gasteiger partial charge is 0.308 e. The highest BCUT2D eigenvalue weighted by Crippen LogP contribution is 2.33. The van der Waals surface area contributed by atoms with E-state index in [2.05, 4.69) is 20.3 Å². The van der Waals surface area contributed by atoms with E-state index in [0.29, 0.717) is 10.8 Å². The van der Waals surface area contributed by atoms with E-state index < -0.39 is 11.9 Å². The van der Waals surface area contributed by atoms with Gasteiger partial charge in [-0.15, -0.1) is 0 Å². The number of hydrogen-bond donors (Lipinski definition) is 1. The maximum atomic E-state index is 12.9. The van der Waals surface area contributed by atoms with Crippen LogP contribution in [0.5, 0.6) is 11.5 Å². The quantitative estimate of drug-likeness (QED) is 0.303. The van der Waals surface area contributed by atoms with Crippen LogP contribution in [0, 0.1) is 0 Å². The molecule has 0 atom stereocenters. The molecule has 0 aliphatic heterocycles. The van der Waals surface area contributed by atoms with Crippen molar-refractivity contribution in [1.82, 2.24) is 15.0 Å². The van der Waals surface area contributed by atoms with E-state index in [4.69, 9.17) is 21.1 Å². The van der Waals surface area contributed by atoms with Crippen molar-refractivity contribution in [2.45, 2.75) is 16.8 Å². The Labute approximate surface area is 198 Å². The van der Waals surface area contributed by atoms with Crippen LogP contribution in [0.2, 0.25) is 5.15 Å². The first-order valence-corrected chi connectivity index (χ1v) is 10.9. The van der Waals surface area contributed by atoms with Gasteiger partial charge in [0, 0.05) is 36.5 Å². The molecule has 3 heterocycles. The van der Waals surface area contributed by atoms with Crippen molar-refractivity contribution in [3.05, 3.63) is 71.8 Å². The van der Waals surface area contributed by atoms with Crippen LogP contribution in [0.1, 0.15) is 17.4 Å². The maximum Gasteiger partial charge on any atom is 0.308 e. The second-order valence-electron chi connectivity index (χ2n) is 6.69. The van der Waals surface area contributed by atoms with Gasteiger partial charge < -0.3 is 14.8 Å². The molecule has 0 saturated heterocycles. The number of esters is 1. The summed E-state index contributed by atoms with van der Waals surface area (Å²) in [4.78, 5) is 37.9. The zero-order chi connectivity index (χ0) is 23.4. The van der Waals surface area contributed by atoms with Crippen molar-refractivity contribution in [1.29, 1.82) is 0 Å². The van der Waals surface area contributed by atoms with E-state index in [1.165, 1.54) is 38.1 Å². The lowest BCUT2D eigenvalue weighted by molar-refractivity contribution is -0.132. The van der Waals surface area contributed by atoms with Gasteiger partial charge in [0.2, 0.25) is 5.75 Å². The number of nitrogens with zero attached hydrogens (tertiary/aromatic N) is 3. The number of rotatable bonds is 6. The number of hydrogen-bond acceptors (Lipinski definition) is 8. The first-order chi connectivity index (χ1) is 15.9. The summed E-state index contributed by atoms with van der Waals surface area (Å²) in [7, 11) is 1.41. The van der Waals surface area contributed by atoms with Crippen LogP contribution in [0.4, 0.5) is 5.69 Å². The number of carbonyl (C=O) groups is 2. The first-order valence-electron chi connectivity index (χ1n) is 9.66. The maximum absolute atomic E-state index is 12.9. The number of pyridine rings is 3. The highest BCUT2D eigenvalue weighted by Gasteiger charge is 2.21. The molecule has 0 spiro atoms. The molecule has 166 valence electrons. The average Bonchev–Trinajstić information content (AvgIpc) is 2.80. The summed E-state index contributed by atoms with van der Waals surface area (Å²) >= 11 is 7.54. The molecular weight excluding hydrogens is 464 g/mol. The van der Waals surface area contributed by atoms with Gasteiger partial charge >= 0.3 is 5.97 Å². The van der Waals surface area contributed by atoms with Gasteiger partial charge in [0.15, 0.2) is 11.4 Å². The SMILES string of the molecule is COc1ccnc(C(=O)Nc2ccc3nc(Sc4cccnc4Cl)ccc3c2)c1OC(C)=O. The Kier molecular flexibility index (Phi) is 6.71. The average molecular weight is 481 g/mol. The molecule has 1 aromatic carbocycles. The number of anilines is 1. The topological polar surface area (TPSA) is 103 Å². The molecule has 0 bridgehead atoms. The van der Waals surface area contributed by atoms with E-state index in [1.54, 1.807) is 24.4 Å². The molecule has 4 aromatic rings. The summed E-state index contributed by atoms with van der Waals surface area (Å²) < 4.78 is 10.3. The number of amides is 1. The van der Waals surface area contributed by atoms with Crippen LogP contribution < -0.4 is 14.8 Å². The number of methoxy groups -OCH3 is 1. The number of aromatic nitrogens is 3. The molecule has 8 nitrogen and oxygen atoms in total. The molecule has 0 unspecified atom stereocenters. The van der Waals surface area contributed by atoms with Crippen LogP contribution >= 0.6 is 23.4 Å². The molecular formula is C23H17ClN4O4S. The van der Waals surface area contributed by atoms with E-state index in [0.717, 1.165) is 20.8 Å². The Bertz CT molecular complexity index is 1370. The standard InChI is InChI=1S/C23H17ClN4O4S/c1-13(29)32-21-17(31-2)9-11-25-20(21)23(30)27-15-6-7-16-14(12-15)5-8-19(28-16)33-18-4-3-10-26-22(18)24/h3-12H,1-2H3,(H,27,30). The van der Waals surface area contributed by atoms with Crippen LogP contribution in [0.15, 0.2) is 70.8 Å². The predicted octanol–water partition coefficient (Wildman–Crippen LogP) is 5.02. The van der Waals surface area contributed by atoms with Crippen molar-refractivity contribution in [2.24, 2.45) is 0 Å². The summed E-state index contributed by atoms with van der Waals surface area (Å²) in [5, 5.41) is 4.78. The van der Waals surface area contributed by atoms with E-state index in [1.807, 2.05) is 24.3 Å². The van der Waals surface area contributed by atoms with Crippen LogP contribution in [-0.2, 0) is 4.79 Å². The fourth-order valence-electron chi connectivity index (χ4n) is 2.99. The fraction of sp³-hybridized carbons (Fsp3) is 0.0870. The minimum Gasteiger partial charge on any atom is -0.493 e. The number of nitrogens with one attached hydrogen (secondary N) is 1. The summed E-state index contributed by atoms with van der Waals surface area (Å²) in [6.45, 7) is 1.24. The number of halogens is 1. The number of carbonyl (C=O) groups excluding carboxylic acids is 2. The van der Waals surface area contributed by atoms with Crippen LogP contribution in [-0.4, -0.2) is 33.9 Å². The van der Waals surface area contributed by atoms with Gasteiger partial charge in [-0.05, 0) is 36.4 Å². The zero-order valence-corrected chi connectivity index (χ0v) is 19.1. The van der Waals surface area contributed by atoms with Crippen molar-refractivity contribution >= 4 is 51.8 Å². The zero-order valence-electron chi connectivity index (χ0n) is 17.5. The van der Waals surface area contributed by atoms with E-state index in [-0.39, 0.29) is 17.2 Å².